The zero-order valence-electron chi connectivity index (χ0n) is 12.1. The Morgan fingerprint density at radius 2 is 2.10 bits per heavy atom. The van der Waals surface area contributed by atoms with Crippen LogP contribution >= 0.6 is 0 Å². The van der Waals surface area contributed by atoms with E-state index >= 15 is 0 Å². The number of benzene rings is 1. The fraction of sp³-hybridized carbons (Fsp3) is 0.353. The van der Waals surface area contributed by atoms with Gasteiger partial charge in [0.25, 0.3) is 0 Å². The molecular weight excluding hydrogens is 260 g/mol. The van der Waals surface area contributed by atoms with Gasteiger partial charge in [0.1, 0.15) is 5.82 Å². The standard InChI is InChI=1S/C17H18N4/c1-12-20-11-16(15-4-2-3-13(9-15)10-18)17(21-12)14-5-7-19-8-6-14/h2-4,9,11,14,19H,5-8H2,1H3. The molecule has 1 aliphatic heterocycles. The van der Waals surface area contributed by atoms with Crippen LogP contribution in [0.2, 0.25) is 0 Å². The third-order valence-corrected chi connectivity index (χ3v) is 3.97. The Bertz CT molecular complexity index is 681. The van der Waals surface area contributed by atoms with Crippen molar-refractivity contribution in [3.05, 3.63) is 47.5 Å². The predicted molar refractivity (Wildman–Crippen MR) is 81.8 cm³/mol. The molecule has 2 heterocycles. The third kappa shape index (κ3) is 2.93. The summed E-state index contributed by atoms with van der Waals surface area (Å²) in [6, 6.07) is 9.88. The summed E-state index contributed by atoms with van der Waals surface area (Å²) in [5.41, 5.74) is 3.88. The summed E-state index contributed by atoms with van der Waals surface area (Å²) in [4.78, 5) is 9.06. The Morgan fingerprint density at radius 3 is 2.86 bits per heavy atom. The smallest absolute Gasteiger partial charge is 0.125 e. The maximum Gasteiger partial charge on any atom is 0.125 e. The van der Waals surface area contributed by atoms with Gasteiger partial charge in [0.15, 0.2) is 0 Å². The molecule has 0 bridgehead atoms. The van der Waals surface area contributed by atoms with Crippen LogP contribution in [0, 0.1) is 18.3 Å². The van der Waals surface area contributed by atoms with Crippen LogP contribution in [0.3, 0.4) is 0 Å². The van der Waals surface area contributed by atoms with Gasteiger partial charge in [0, 0.05) is 17.7 Å². The average molecular weight is 278 g/mol. The van der Waals surface area contributed by atoms with E-state index in [-0.39, 0.29) is 0 Å². The molecule has 106 valence electrons. The summed E-state index contributed by atoms with van der Waals surface area (Å²) >= 11 is 0. The number of hydrogen-bond acceptors (Lipinski definition) is 4. The molecule has 0 amide bonds. The lowest BCUT2D eigenvalue weighted by Crippen LogP contribution is -2.27. The number of nitrogens with one attached hydrogen (secondary N) is 1. The quantitative estimate of drug-likeness (QED) is 0.917. The number of aromatic nitrogens is 2. The van der Waals surface area contributed by atoms with Gasteiger partial charge >= 0.3 is 0 Å². The first kappa shape index (κ1) is 13.7. The Morgan fingerprint density at radius 1 is 1.29 bits per heavy atom. The minimum atomic E-state index is 0.466. The highest BCUT2D eigenvalue weighted by molar-refractivity contribution is 5.67. The van der Waals surface area contributed by atoms with Crippen molar-refractivity contribution in [2.24, 2.45) is 0 Å². The molecule has 1 aliphatic rings. The van der Waals surface area contributed by atoms with Gasteiger partial charge in [-0.25, -0.2) is 9.97 Å². The van der Waals surface area contributed by atoms with Crippen LogP contribution < -0.4 is 5.32 Å². The first-order valence-electron chi connectivity index (χ1n) is 7.32. The lowest BCUT2D eigenvalue weighted by atomic mass is 9.89. The number of aryl methyl sites for hydroxylation is 1. The summed E-state index contributed by atoms with van der Waals surface area (Å²) in [6.07, 6.45) is 4.10. The monoisotopic (exact) mass is 278 g/mol. The molecule has 2 aromatic rings. The molecule has 1 aromatic carbocycles. The second kappa shape index (κ2) is 6.02. The van der Waals surface area contributed by atoms with E-state index in [1.54, 1.807) is 0 Å². The summed E-state index contributed by atoms with van der Waals surface area (Å²) in [6.45, 7) is 4.00. The maximum atomic E-state index is 9.08. The second-order valence-electron chi connectivity index (χ2n) is 5.43. The largest absolute Gasteiger partial charge is 0.317 e. The molecule has 1 saturated heterocycles. The topological polar surface area (TPSA) is 61.6 Å². The van der Waals surface area contributed by atoms with Gasteiger partial charge in [-0.15, -0.1) is 0 Å². The van der Waals surface area contributed by atoms with Crippen LogP contribution in [0.25, 0.3) is 11.1 Å². The van der Waals surface area contributed by atoms with E-state index in [0.29, 0.717) is 11.5 Å². The van der Waals surface area contributed by atoms with Crippen molar-refractivity contribution in [3.63, 3.8) is 0 Å². The summed E-state index contributed by atoms with van der Waals surface area (Å²) in [5, 5.41) is 12.5. The van der Waals surface area contributed by atoms with Crippen LogP contribution in [0.4, 0.5) is 0 Å². The molecule has 1 N–H and O–H groups in total. The molecule has 1 aromatic heterocycles. The number of rotatable bonds is 2. The van der Waals surface area contributed by atoms with E-state index in [1.807, 2.05) is 37.4 Å². The minimum Gasteiger partial charge on any atom is -0.317 e. The van der Waals surface area contributed by atoms with E-state index in [9.17, 15) is 0 Å². The van der Waals surface area contributed by atoms with Gasteiger partial charge < -0.3 is 5.32 Å². The number of piperidine rings is 1. The molecule has 3 rings (SSSR count). The van der Waals surface area contributed by atoms with Crippen LogP contribution in [0.1, 0.15) is 35.8 Å². The van der Waals surface area contributed by atoms with Crippen LogP contribution in [-0.4, -0.2) is 23.1 Å². The molecule has 21 heavy (non-hydrogen) atoms. The van der Waals surface area contributed by atoms with E-state index in [2.05, 4.69) is 16.4 Å². The molecule has 0 unspecified atom stereocenters. The highest BCUT2D eigenvalue weighted by Gasteiger charge is 2.21. The van der Waals surface area contributed by atoms with Crippen molar-refractivity contribution in [2.45, 2.75) is 25.7 Å². The Labute approximate surface area is 124 Å². The summed E-state index contributed by atoms with van der Waals surface area (Å²) in [7, 11) is 0. The molecule has 0 radical (unpaired) electrons. The zero-order chi connectivity index (χ0) is 14.7. The Kier molecular flexibility index (Phi) is 3.94. The first-order chi connectivity index (χ1) is 10.3. The van der Waals surface area contributed by atoms with E-state index in [1.165, 1.54) is 0 Å². The molecule has 1 fully saturated rings. The molecular formula is C17H18N4. The lowest BCUT2D eigenvalue weighted by molar-refractivity contribution is 0.453. The van der Waals surface area contributed by atoms with Gasteiger partial charge in [-0.05, 0) is 50.6 Å². The van der Waals surface area contributed by atoms with E-state index in [0.717, 1.165) is 48.6 Å². The molecule has 0 aliphatic carbocycles. The molecule has 4 nitrogen and oxygen atoms in total. The number of nitrogens with zero attached hydrogens (tertiary/aromatic N) is 3. The van der Waals surface area contributed by atoms with Crippen molar-refractivity contribution in [2.75, 3.05) is 13.1 Å². The van der Waals surface area contributed by atoms with Crippen molar-refractivity contribution >= 4 is 0 Å². The average Bonchev–Trinajstić information content (AvgIpc) is 2.55. The fourth-order valence-corrected chi connectivity index (χ4v) is 2.87. The van der Waals surface area contributed by atoms with Crippen molar-refractivity contribution in [3.8, 4) is 17.2 Å². The molecule has 0 atom stereocenters. The highest BCUT2D eigenvalue weighted by atomic mass is 14.9. The van der Waals surface area contributed by atoms with Crippen molar-refractivity contribution in [1.82, 2.24) is 15.3 Å². The SMILES string of the molecule is Cc1ncc(-c2cccc(C#N)c2)c(C2CCNCC2)n1. The van der Waals surface area contributed by atoms with E-state index < -0.39 is 0 Å². The second-order valence-corrected chi connectivity index (χ2v) is 5.43. The van der Waals surface area contributed by atoms with Gasteiger partial charge in [-0.1, -0.05) is 12.1 Å². The fourth-order valence-electron chi connectivity index (χ4n) is 2.87. The van der Waals surface area contributed by atoms with Crippen molar-refractivity contribution < 1.29 is 0 Å². The van der Waals surface area contributed by atoms with Gasteiger partial charge in [-0.2, -0.15) is 5.26 Å². The third-order valence-electron chi connectivity index (χ3n) is 3.97. The molecule has 0 spiro atoms. The van der Waals surface area contributed by atoms with Crippen LogP contribution in [0.5, 0.6) is 0 Å². The Balaban J connectivity index is 2.06. The van der Waals surface area contributed by atoms with Crippen LogP contribution in [-0.2, 0) is 0 Å². The number of hydrogen-bond donors (Lipinski definition) is 1. The normalized spacial score (nSPS) is 15.6. The zero-order valence-corrected chi connectivity index (χ0v) is 12.1. The highest BCUT2D eigenvalue weighted by Crippen LogP contribution is 2.32. The molecule has 4 heteroatoms. The lowest BCUT2D eigenvalue weighted by Gasteiger charge is -2.24. The van der Waals surface area contributed by atoms with Gasteiger partial charge in [0.2, 0.25) is 0 Å². The maximum absolute atomic E-state index is 9.08. The Hall–Kier alpha value is -2.25. The van der Waals surface area contributed by atoms with Crippen LogP contribution in [0.15, 0.2) is 30.5 Å². The van der Waals surface area contributed by atoms with E-state index in [4.69, 9.17) is 10.2 Å². The summed E-state index contributed by atoms with van der Waals surface area (Å²) in [5.74, 6) is 1.28. The molecule has 0 saturated carbocycles. The minimum absolute atomic E-state index is 0.466. The van der Waals surface area contributed by atoms with Gasteiger partial charge in [-0.3, -0.25) is 0 Å². The first-order valence-corrected chi connectivity index (χ1v) is 7.32. The summed E-state index contributed by atoms with van der Waals surface area (Å²) < 4.78 is 0. The predicted octanol–water partition coefficient (Wildman–Crippen LogP) is 2.79. The van der Waals surface area contributed by atoms with Gasteiger partial charge in [0.05, 0.1) is 17.3 Å². The van der Waals surface area contributed by atoms with Crippen molar-refractivity contribution in [1.29, 1.82) is 5.26 Å². The number of nitriles is 1.